The molecule has 0 saturated carbocycles. The molecule has 2 aromatic rings. The van der Waals surface area contributed by atoms with Crippen molar-refractivity contribution in [1.29, 1.82) is 0 Å². The van der Waals surface area contributed by atoms with E-state index in [4.69, 9.17) is 4.74 Å². The van der Waals surface area contributed by atoms with Crippen LogP contribution >= 0.6 is 0 Å². The molecule has 1 aromatic carbocycles. The molecule has 0 aliphatic carbocycles. The highest BCUT2D eigenvalue weighted by Crippen LogP contribution is 2.32. The van der Waals surface area contributed by atoms with E-state index in [1.165, 1.54) is 0 Å². The predicted molar refractivity (Wildman–Crippen MR) is 109 cm³/mol. The van der Waals surface area contributed by atoms with Gasteiger partial charge in [0.1, 0.15) is 6.61 Å². The second-order valence-electron chi connectivity index (χ2n) is 7.56. The molecule has 152 valence electrons. The number of nitrogens with zero attached hydrogens (tertiary/aromatic N) is 4. The lowest BCUT2D eigenvalue weighted by atomic mass is 9.93. The first kappa shape index (κ1) is 19.4. The minimum absolute atomic E-state index is 0.0491. The van der Waals surface area contributed by atoms with Crippen LogP contribution in [0.3, 0.4) is 0 Å². The first-order chi connectivity index (χ1) is 14.1. The number of hydrogen-bond donors (Lipinski definition) is 0. The van der Waals surface area contributed by atoms with Crippen LogP contribution in [-0.4, -0.2) is 72.5 Å². The third kappa shape index (κ3) is 3.82. The fourth-order valence-corrected chi connectivity index (χ4v) is 4.13. The molecule has 7 nitrogen and oxygen atoms in total. The van der Waals surface area contributed by atoms with E-state index in [2.05, 4.69) is 9.88 Å². The van der Waals surface area contributed by atoms with Crippen molar-refractivity contribution >= 4 is 17.5 Å². The number of aryl methyl sites for hydroxylation is 1. The molecule has 7 heteroatoms. The largest absolute Gasteiger partial charge is 0.368 e. The highest BCUT2D eigenvalue weighted by atomic mass is 16.5. The summed E-state index contributed by atoms with van der Waals surface area (Å²) in [4.78, 5) is 35.5. The van der Waals surface area contributed by atoms with Crippen molar-refractivity contribution in [2.45, 2.75) is 19.1 Å². The zero-order chi connectivity index (χ0) is 20.4. The summed E-state index contributed by atoms with van der Waals surface area (Å²) in [6.07, 6.45) is 2.87. The number of benzene rings is 1. The van der Waals surface area contributed by atoms with Crippen molar-refractivity contribution in [3.05, 3.63) is 59.9 Å². The van der Waals surface area contributed by atoms with Crippen molar-refractivity contribution in [3.8, 4) is 0 Å². The molecule has 0 unspecified atom stereocenters. The minimum atomic E-state index is -0.689. The van der Waals surface area contributed by atoms with Gasteiger partial charge in [-0.15, -0.1) is 0 Å². The van der Waals surface area contributed by atoms with Crippen LogP contribution in [0.4, 0.5) is 5.69 Å². The monoisotopic (exact) mass is 394 g/mol. The maximum Gasteiger partial charge on any atom is 0.254 e. The van der Waals surface area contributed by atoms with Gasteiger partial charge >= 0.3 is 0 Å². The quantitative estimate of drug-likeness (QED) is 0.792. The van der Waals surface area contributed by atoms with Crippen LogP contribution in [-0.2, 0) is 14.3 Å². The molecule has 0 radical (unpaired) electrons. The Balaban J connectivity index is 1.51. The highest BCUT2D eigenvalue weighted by Gasteiger charge is 2.42. The lowest BCUT2D eigenvalue weighted by Gasteiger charge is -2.42. The molecular formula is C22H26N4O3. The van der Waals surface area contributed by atoms with Gasteiger partial charge in [-0.1, -0.05) is 24.3 Å². The Morgan fingerprint density at radius 2 is 1.76 bits per heavy atom. The summed E-state index contributed by atoms with van der Waals surface area (Å²) in [5.74, 6) is -0.156. The predicted octanol–water partition coefficient (Wildman–Crippen LogP) is 1.64. The Morgan fingerprint density at radius 1 is 1.07 bits per heavy atom. The number of ether oxygens (including phenoxy) is 1. The smallest absolute Gasteiger partial charge is 0.254 e. The van der Waals surface area contributed by atoms with Crippen LogP contribution in [0.1, 0.15) is 17.2 Å². The molecule has 0 bridgehead atoms. The summed E-state index contributed by atoms with van der Waals surface area (Å²) in [5.41, 5.74) is 3.11. The number of carbonyl (C=O) groups is 2. The molecule has 2 saturated heterocycles. The Hall–Kier alpha value is -2.93. The Bertz CT molecular complexity index is 881. The number of likely N-dealkylation sites (N-methyl/N-ethyl adjacent to an activating group) is 1. The van der Waals surface area contributed by atoms with E-state index in [0.29, 0.717) is 13.1 Å². The van der Waals surface area contributed by atoms with Crippen LogP contribution in [0.25, 0.3) is 0 Å². The number of anilines is 1. The first-order valence-electron chi connectivity index (χ1n) is 9.93. The second-order valence-corrected chi connectivity index (χ2v) is 7.56. The van der Waals surface area contributed by atoms with Gasteiger partial charge in [-0.05, 0) is 30.2 Å². The molecule has 0 spiro atoms. The maximum absolute atomic E-state index is 13.4. The van der Waals surface area contributed by atoms with Gasteiger partial charge in [0.25, 0.3) is 5.91 Å². The topological polar surface area (TPSA) is 66.0 Å². The summed E-state index contributed by atoms with van der Waals surface area (Å²) in [6.45, 7) is 4.69. The molecule has 2 amide bonds. The van der Waals surface area contributed by atoms with Crippen molar-refractivity contribution < 1.29 is 14.3 Å². The number of piperazine rings is 1. The number of rotatable bonds is 3. The molecule has 2 aliphatic heterocycles. The average molecular weight is 394 g/mol. The van der Waals surface area contributed by atoms with Gasteiger partial charge in [-0.2, -0.15) is 0 Å². The third-order valence-electron chi connectivity index (χ3n) is 5.85. The molecule has 2 aliphatic rings. The molecular weight excluding hydrogens is 368 g/mol. The van der Waals surface area contributed by atoms with Crippen molar-refractivity contribution in [2.24, 2.45) is 0 Å². The van der Waals surface area contributed by atoms with Gasteiger partial charge in [-0.25, -0.2) is 0 Å². The Labute approximate surface area is 170 Å². The number of aromatic nitrogens is 1. The zero-order valence-electron chi connectivity index (χ0n) is 16.8. The Morgan fingerprint density at radius 3 is 2.45 bits per heavy atom. The lowest BCUT2D eigenvalue weighted by molar-refractivity contribution is -0.167. The van der Waals surface area contributed by atoms with Crippen LogP contribution in [0, 0.1) is 6.92 Å². The summed E-state index contributed by atoms with van der Waals surface area (Å²) in [6, 6.07) is 11.4. The van der Waals surface area contributed by atoms with Crippen LogP contribution in [0.2, 0.25) is 0 Å². The fraction of sp³-hybridized carbons (Fsp3) is 0.409. The highest BCUT2D eigenvalue weighted by molar-refractivity contribution is 5.86. The minimum Gasteiger partial charge on any atom is -0.368 e. The average Bonchev–Trinajstić information content (AvgIpc) is 2.76. The maximum atomic E-state index is 13.4. The summed E-state index contributed by atoms with van der Waals surface area (Å²) in [7, 11) is 1.75. The lowest BCUT2D eigenvalue weighted by Crippen LogP contribution is -2.57. The van der Waals surface area contributed by atoms with E-state index >= 15 is 0 Å². The second kappa shape index (κ2) is 8.21. The van der Waals surface area contributed by atoms with Crippen molar-refractivity contribution in [1.82, 2.24) is 14.8 Å². The van der Waals surface area contributed by atoms with Gasteiger partial charge in [-0.3, -0.25) is 14.6 Å². The molecule has 29 heavy (non-hydrogen) atoms. The van der Waals surface area contributed by atoms with Crippen molar-refractivity contribution in [3.63, 3.8) is 0 Å². The van der Waals surface area contributed by atoms with E-state index in [9.17, 15) is 9.59 Å². The summed E-state index contributed by atoms with van der Waals surface area (Å²) >= 11 is 0. The van der Waals surface area contributed by atoms with Gasteiger partial charge in [0.2, 0.25) is 5.91 Å². The number of carbonyl (C=O) groups excluding carboxylic acids is 2. The zero-order valence-corrected chi connectivity index (χ0v) is 16.8. The van der Waals surface area contributed by atoms with Gasteiger partial charge < -0.3 is 19.4 Å². The van der Waals surface area contributed by atoms with Gasteiger partial charge in [0.05, 0.1) is 6.04 Å². The van der Waals surface area contributed by atoms with Crippen LogP contribution < -0.4 is 4.90 Å². The molecule has 1 aromatic heterocycles. The summed E-state index contributed by atoms with van der Waals surface area (Å²) in [5, 5.41) is 0. The molecule has 0 N–H and O–H groups in total. The number of amides is 2. The van der Waals surface area contributed by atoms with Gasteiger partial charge in [0.15, 0.2) is 6.10 Å². The van der Waals surface area contributed by atoms with E-state index in [0.717, 1.165) is 29.9 Å². The SMILES string of the molecule is Cc1ccccc1[C@@H]1[C@@H](C(=O)N2CCN(c3ccncc3)CC2)OCC(=O)N1C. The molecule has 4 rings (SSSR count). The van der Waals surface area contributed by atoms with E-state index < -0.39 is 12.1 Å². The molecule has 2 atom stereocenters. The van der Waals surface area contributed by atoms with Crippen LogP contribution in [0.15, 0.2) is 48.8 Å². The summed E-state index contributed by atoms with van der Waals surface area (Å²) < 4.78 is 5.80. The van der Waals surface area contributed by atoms with Crippen LogP contribution in [0.5, 0.6) is 0 Å². The fourth-order valence-electron chi connectivity index (χ4n) is 4.13. The molecule has 3 heterocycles. The first-order valence-corrected chi connectivity index (χ1v) is 9.93. The third-order valence-corrected chi connectivity index (χ3v) is 5.85. The number of morpholine rings is 1. The van der Waals surface area contributed by atoms with Crippen molar-refractivity contribution in [2.75, 3.05) is 44.7 Å². The normalized spacial score (nSPS) is 22.7. The van der Waals surface area contributed by atoms with E-state index in [1.807, 2.05) is 48.2 Å². The Kier molecular flexibility index (Phi) is 5.49. The number of hydrogen-bond acceptors (Lipinski definition) is 5. The van der Waals surface area contributed by atoms with E-state index in [1.54, 1.807) is 24.3 Å². The van der Waals surface area contributed by atoms with E-state index in [-0.39, 0.29) is 18.4 Å². The van der Waals surface area contributed by atoms with Gasteiger partial charge in [0, 0.05) is 51.3 Å². The number of pyridine rings is 1. The molecule has 2 fully saturated rings. The standard InChI is InChI=1S/C22H26N4O3/c1-16-5-3-4-6-18(16)20-21(29-15-19(27)24(20)2)22(28)26-13-11-25(12-14-26)17-7-9-23-10-8-17/h3-10,20-21H,11-15H2,1-2H3/t20-,21+/m1/s1.